The molecule has 0 radical (unpaired) electrons. The van der Waals surface area contributed by atoms with Gasteiger partial charge < -0.3 is 13.8 Å². The predicted molar refractivity (Wildman–Crippen MR) is 54.6 cm³/mol. The zero-order valence-corrected chi connectivity index (χ0v) is 10.1. The van der Waals surface area contributed by atoms with Crippen LogP contribution in [0.4, 0.5) is 0 Å². The molecule has 0 heterocycles. The molecule has 58 valence electrons. The van der Waals surface area contributed by atoms with Crippen molar-refractivity contribution in [3.63, 3.8) is 0 Å². The molecule has 0 saturated carbocycles. The second kappa shape index (κ2) is 6.11. The third kappa shape index (κ3) is 3.65. The molecule has 0 fully saturated rings. The van der Waals surface area contributed by atoms with E-state index in [4.69, 9.17) is 13.8 Å². The van der Waals surface area contributed by atoms with Gasteiger partial charge in [-0.3, -0.25) is 0 Å². The van der Waals surface area contributed by atoms with Crippen molar-refractivity contribution >= 4 is 49.0 Å². The van der Waals surface area contributed by atoms with Gasteiger partial charge in [-0.05, 0) is 12.1 Å². The normalized spacial score (nSPS) is 7.82. The molecule has 0 aliphatic carbocycles. The van der Waals surface area contributed by atoms with E-state index in [1.54, 1.807) is 7.11 Å². The van der Waals surface area contributed by atoms with Crippen LogP contribution in [-0.4, -0.2) is 26.4 Å². The van der Waals surface area contributed by atoms with E-state index in [1.165, 1.54) is 3.69 Å². The second-order valence-electron chi connectivity index (χ2n) is 1.98. The summed E-state index contributed by atoms with van der Waals surface area (Å²) in [6, 6.07) is 7.89. The Kier molecular flexibility index (Phi) is 6.42. The fourth-order valence-corrected chi connectivity index (χ4v) is 1.66. The van der Waals surface area contributed by atoms with Gasteiger partial charge in [-0.25, -0.2) is 0 Å². The number of hydrogen-bond donors (Lipinski definition) is 0. The lowest BCUT2D eigenvalue weighted by Crippen LogP contribution is -2.06. The maximum absolute atomic E-state index is 5.72. The molecule has 0 aliphatic heterocycles. The average Bonchev–Trinajstić information content (AvgIpc) is 2.05. The minimum Gasteiger partial charge on any atom is -0.497 e. The highest BCUT2D eigenvalue weighted by Crippen LogP contribution is 2.05. The summed E-state index contributed by atoms with van der Waals surface area (Å²) in [5, 5.41) is 0. The molecule has 1 nitrogen and oxygen atoms in total. The first-order valence-corrected chi connectivity index (χ1v) is 5.90. The molecule has 1 aromatic carbocycles. The van der Waals surface area contributed by atoms with Crippen molar-refractivity contribution in [2.45, 2.75) is 0 Å². The Labute approximate surface area is 90.3 Å². The van der Waals surface area contributed by atoms with Gasteiger partial charge >= 0.3 is 19.3 Å². The van der Waals surface area contributed by atoms with Crippen LogP contribution in [0.15, 0.2) is 24.3 Å². The number of benzene rings is 1. The SMILES string of the molecule is Br.COc1cc[c]([Mg][Cl])cc1. The van der Waals surface area contributed by atoms with Crippen molar-refractivity contribution in [1.82, 2.24) is 0 Å². The van der Waals surface area contributed by atoms with Crippen molar-refractivity contribution in [2.24, 2.45) is 0 Å². The van der Waals surface area contributed by atoms with Crippen LogP contribution in [0, 0.1) is 0 Å². The van der Waals surface area contributed by atoms with E-state index in [2.05, 4.69) is 0 Å². The summed E-state index contributed by atoms with van der Waals surface area (Å²) in [7, 11) is 7.38. The van der Waals surface area contributed by atoms with E-state index in [9.17, 15) is 0 Å². The molecular weight excluding hydrogens is 240 g/mol. The number of ether oxygens (including phenoxy) is 1. The summed E-state index contributed by atoms with van der Waals surface area (Å²) < 4.78 is 6.24. The molecule has 0 aliphatic rings. The van der Waals surface area contributed by atoms with Crippen LogP contribution in [0.3, 0.4) is 0 Å². The quantitative estimate of drug-likeness (QED) is 0.724. The zero-order chi connectivity index (χ0) is 7.40. The first kappa shape index (κ1) is 11.6. The molecule has 0 saturated heterocycles. The number of rotatable bonds is 2. The minimum absolute atomic E-state index is 0. The highest BCUT2D eigenvalue weighted by molar-refractivity contribution is 8.93. The van der Waals surface area contributed by atoms with Gasteiger partial charge in [0.2, 0.25) is 0 Å². The maximum atomic E-state index is 5.72. The van der Waals surface area contributed by atoms with Crippen LogP contribution < -0.4 is 8.43 Å². The second-order valence-corrected chi connectivity index (χ2v) is 3.87. The van der Waals surface area contributed by atoms with Crippen molar-refractivity contribution in [1.29, 1.82) is 0 Å². The van der Waals surface area contributed by atoms with Gasteiger partial charge in [0, 0.05) is 0 Å². The van der Waals surface area contributed by atoms with E-state index in [1.807, 2.05) is 24.3 Å². The van der Waals surface area contributed by atoms with Gasteiger partial charge in [0.15, 0.2) is 0 Å². The standard InChI is InChI=1S/C7H7O.BrH.ClH.Mg/c1-8-7-5-3-2-4-6-7;;;/h3-6H,1H3;2*1H;/q;;;+1/p-1. The Morgan fingerprint density at radius 2 is 1.82 bits per heavy atom. The molecule has 0 spiro atoms. The smallest absolute Gasteiger partial charge is 0.497 e. The van der Waals surface area contributed by atoms with Crippen LogP contribution in [0.5, 0.6) is 5.75 Å². The van der Waals surface area contributed by atoms with E-state index in [0.29, 0.717) is 0 Å². The molecule has 11 heavy (non-hydrogen) atoms. The summed E-state index contributed by atoms with van der Waals surface area (Å²) in [5.74, 6) is 0.892. The zero-order valence-electron chi connectivity index (χ0n) is 6.21. The Balaban J connectivity index is 0.000001000. The number of hydrogen-bond acceptors (Lipinski definition) is 1. The van der Waals surface area contributed by atoms with Gasteiger partial charge in [0.1, 0.15) is 5.75 Å². The fourth-order valence-electron chi connectivity index (χ4n) is 0.715. The highest BCUT2D eigenvalue weighted by atomic mass is 79.9. The molecule has 0 bridgehead atoms. The third-order valence-electron chi connectivity index (χ3n) is 1.31. The van der Waals surface area contributed by atoms with E-state index in [-0.39, 0.29) is 17.0 Å². The average molecular weight is 248 g/mol. The van der Waals surface area contributed by atoms with Gasteiger partial charge in [-0.15, -0.1) is 20.7 Å². The number of methoxy groups -OCH3 is 1. The first-order valence-electron chi connectivity index (χ1n) is 3.05. The first-order chi connectivity index (χ1) is 4.86. The fraction of sp³-hybridized carbons (Fsp3) is 0.143. The molecule has 0 amide bonds. The van der Waals surface area contributed by atoms with Crippen LogP contribution in [0.1, 0.15) is 0 Å². The highest BCUT2D eigenvalue weighted by Gasteiger charge is 1.94. The van der Waals surface area contributed by atoms with E-state index in [0.717, 1.165) is 5.75 Å². The van der Waals surface area contributed by atoms with Crippen molar-refractivity contribution in [3.8, 4) is 5.75 Å². The topological polar surface area (TPSA) is 9.23 Å². The van der Waals surface area contributed by atoms with Crippen molar-refractivity contribution < 1.29 is 4.74 Å². The van der Waals surface area contributed by atoms with Crippen LogP contribution in [-0.2, 0) is 0 Å². The van der Waals surface area contributed by atoms with Crippen LogP contribution >= 0.6 is 26.1 Å². The van der Waals surface area contributed by atoms with Crippen LogP contribution in [0.2, 0.25) is 0 Å². The Morgan fingerprint density at radius 3 is 2.18 bits per heavy atom. The minimum atomic E-state index is -0.516. The maximum Gasteiger partial charge on any atom is 0.538 e. The summed E-state index contributed by atoms with van der Waals surface area (Å²) in [5.41, 5.74) is 0. The lowest BCUT2D eigenvalue weighted by atomic mass is 10.3. The largest absolute Gasteiger partial charge is 0.538 e. The van der Waals surface area contributed by atoms with Gasteiger partial charge in [-0.1, -0.05) is 12.1 Å². The predicted octanol–water partition coefficient (Wildman–Crippen LogP) is 1.76. The summed E-state index contributed by atoms with van der Waals surface area (Å²) in [6.45, 7) is 0. The van der Waals surface area contributed by atoms with Gasteiger partial charge in [-0.2, -0.15) is 0 Å². The molecule has 1 rings (SSSR count). The lowest BCUT2D eigenvalue weighted by molar-refractivity contribution is 0.415. The molecular formula is C7H8BrClMgO. The molecule has 0 unspecified atom stereocenters. The molecule has 4 heteroatoms. The Morgan fingerprint density at radius 1 is 1.27 bits per heavy atom. The Bertz CT molecular complexity index is 179. The molecule has 0 N–H and O–H groups in total. The monoisotopic (exact) mass is 246 g/mol. The van der Waals surface area contributed by atoms with Crippen molar-refractivity contribution in [2.75, 3.05) is 7.11 Å². The van der Waals surface area contributed by atoms with Crippen molar-refractivity contribution in [3.05, 3.63) is 24.3 Å². The van der Waals surface area contributed by atoms with Gasteiger partial charge in [0.05, 0.1) is 7.11 Å². The van der Waals surface area contributed by atoms with Gasteiger partial charge in [0.25, 0.3) is 0 Å². The lowest BCUT2D eigenvalue weighted by Gasteiger charge is -1.98. The summed E-state index contributed by atoms with van der Waals surface area (Å²) >= 11 is -0.516. The summed E-state index contributed by atoms with van der Waals surface area (Å²) in [4.78, 5) is 0. The number of halogens is 2. The Hall–Kier alpha value is 0.556. The molecule has 0 atom stereocenters. The van der Waals surface area contributed by atoms with Crippen LogP contribution in [0.25, 0.3) is 0 Å². The summed E-state index contributed by atoms with van der Waals surface area (Å²) in [6.07, 6.45) is 0. The van der Waals surface area contributed by atoms with E-state index >= 15 is 0 Å². The molecule has 1 aromatic rings. The third-order valence-corrected chi connectivity index (χ3v) is 3.02. The molecule has 0 aromatic heterocycles. The van der Waals surface area contributed by atoms with E-state index < -0.39 is 19.3 Å².